The fourth-order valence-electron chi connectivity index (χ4n) is 7.42. The Morgan fingerprint density at radius 2 is 0.776 bits per heavy atom. The zero-order valence-corrected chi connectivity index (χ0v) is 35.4. The quantitative estimate of drug-likeness (QED) is 0.0960. The Bertz CT molecular complexity index is 1310. The number of carbonyl (C=O) groups is 5. The summed E-state index contributed by atoms with van der Waals surface area (Å²) < 4.78 is 64.1. The molecule has 0 radical (unpaired) electrons. The van der Waals surface area contributed by atoms with E-state index in [4.69, 9.17) is 52.1 Å². The Labute approximate surface area is 341 Å². The smallest absolute Gasteiger partial charge is 0.303 e. The van der Waals surface area contributed by atoms with E-state index in [2.05, 4.69) is 6.92 Å². The van der Waals surface area contributed by atoms with Gasteiger partial charge < -0.3 is 62.3 Å². The van der Waals surface area contributed by atoms with Crippen molar-refractivity contribution in [2.24, 2.45) is 0 Å². The Hall–Kier alpha value is -2.97. The Morgan fingerprint density at radius 3 is 1.26 bits per heavy atom. The van der Waals surface area contributed by atoms with Crippen molar-refractivity contribution in [3.63, 3.8) is 0 Å². The molecule has 0 aromatic rings. The molecule has 0 bridgehead atoms. The molecule has 58 heavy (non-hydrogen) atoms. The highest BCUT2D eigenvalue weighted by Crippen LogP contribution is 2.36. The lowest BCUT2D eigenvalue weighted by atomic mass is 9.96. The molecule has 0 aromatic heterocycles. The first-order valence-corrected chi connectivity index (χ1v) is 20.6. The van der Waals surface area contributed by atoms with E-state index in [1.165, 1.54) is 59.3 Å². The first-order valence-electron chi connectivity index (χ1n) is 20.6. The van der Waals surface area contributed by atoms with Crippen LogP contribution in [0, 0.1) is 0 Å². The van der Waals surface area contributed by atoms with Crippen molar-refractivity contribution in [3.05, 3.63) is 0 Å². The molecule has 15 atom stereocenters. The van der Waals surface area contributed by atoms with E-state index >= 15 is 0 Å². The van der Waals surface area contributed by atoms with E-state index in [-0.39, 0.29) is 6.61 Å². The highest BCUT2D eigenvalue weighted by Gasteiger charge is 2.57. The minimum atomic E-state index is -1.78. The molecule has 18 heteroatoms. The van der Waals surface area contributed by atoms with Crippen LogP contribution in [-0.4, -0.2) is 139 Å². The highest BCUT2D eigenvalue weighted by atomic mass is 16.8. The summed E-state index contributed by atoms with van der Waals surface area (Å²) in [6.45, 7) is 12.8. The second kappa shape index (κ2) is 24.3. The summed E-state index contributed by atoms with van der Waals surface area (Å²) in [5.74, 6) is -3.81. The largest absolute Gasteiger partial charge is 0.457 e. The molecule has 18 nitrogen and oxygen atoms in total. The molecule has 3 fully saturated rings. The maximum absolute atomic E-state index is 12.7. The van der Waals surface area contributed by atoms with Crippen molar-refractivity contribution < 1.29 is 86.3 Å². The lowest BCUT2D eigenvalue weighted by molar-refractivity contribution is -0.376. The molecule has 2 N–H and O–H groups in total. The Kier molecular flexibility index (Phi) is 20.7. The molecule has 3 aliphatic heterocycles. The van der Waals surface area contributed by atoms with Gasteiger partial charge >= 0.3 is 29.8 Å². The first kappa shape index (κ1) is 49.4. The van der Waals surface area contributed by atoms with E-state index in [0.717, 1.165) is 53.4 Å². The van der Waals surface area contributed by atoms with Gasteiger partial charge in [0.1, 0.15) is 24.4 Å². The minimum Gasteiger partial charge on any atom is -0.457 e. The van der Waals surface area contributed by atoms with E-state index in [1.54, 1.807) is 6.92 Å². The van der Waals surface area contributed by atoms with Crippen LogP contribution in [-0.2, 0) is 76.1 Å². The molecule has 0 unspecified atom stereocenters. The number of esters is 5. The topological polar surface area (TPSA) is 227 Å². The standard InChI is InChI=1S/C40H66O18/c1-10-11-12-13-14-15-16-17-18-19-20-48-38-29(46)35(32(21(2)49-38)53-25(6)42)57-40-37(56-28(9)45)36(33(23(4)51-40)54-26(7)43)58-39-30(47)34(55-27(8)44)31(22(3)50-39)52-24(5)41/h21-23,29-40,46-47H,10-20H2,1-9H3/t21-,22-,23-,29+,30+,31-,32-,33-,34-,35-,36+,37+,38+,39-,40-/m0/s1. The molecule has 0 amide bonds. The van der Waals surface area contributed by atoms with Crippen molar-refractivity contribution in [1.29, 1.82) is 0 Å². The van der Waals surface area contributed by atoms with Crippen LogP contribution in [0.2, 0.25) is 0 Å². The first-order chi connectivity index (χ1) is 27.4. The van der Waals surface area contributed by atoms with Crippen LogP contribution in [0.4, 0.5) is 0 Å². The average molecular weight is 835 g/mol. The predicted octanol–water partition coefficient (Wildman–Crippen LogP) is 3.31. The number of hydrogen-bond acceptors (Lipinski definition) is 18. The van der Waals surface area contributed by atoms with E-state index in [1.807, 2.05) is 0 Å². The van der Waals surface area contributed by atoms with Crippen molar-refractivity contribution in [2.45, 2.75) is 219 Å². The van der Waals surface area contributed by atoms with Gasteiger partial charge in [-0.05, 0) is 27.2 Å². The van der Waals surface area contributed by atoms with Crippen molar-refractivity contribution in [3.8, 4) is 0 Å². The van der Waals surface area contributed by atoms with Gasteiger partial charge in [0.05, 0.1) is 18.3 Å². The van der Waals surface area contributed by atoms with Gasteiger partial charge in [-0.25, -0.2) is 0 Å². The number of hydrogen-bond donors (Lipinski definition) is 2. The maximum atomic E-state index is 12.7. The van der Waals surface area contributed by atoms with Crippen LogP contribution in [0.25, 0.3) is 0 Å². The summed E-state index contributed by atoms with van der Waals surface area (Å²) in [5, 5.41) is 23.1. The lowest BCUT2D eigenvalue weighted by Gasteiger charge is -2.49. The molecule has 0 saturated carbocycles. The fourth-order valence-corrected chi connectivity index (χ4v) is 7.42. The Morgan fingerprint density at radius 1 is 0.431 bits per heavy atom. The van der Waals surface area contributed by atoms with Gasteiger partial charge in [0.15, 0.2) is 49.4 Å². The third-order valence-corrected chi connectivity index (χ3v) is 10.1. The van der Waals surface area contributed by atoms with E-state index in [0.29, 0.717) is 0 Å². The predicted molar refractivity (Wildman–Crippen MR) is 200 cm³/mol. The number of aliphatic hydroxyl groups is 2. The van der Waals surface area contributed by atoms with Crippen molar-refractivity contribution >= 4 is 29.8 Å². The van der Waals surface area contributed by atoms with Gasteiger partial charge in [0.2, 0.25) is 0 Å². The highest BCUT2D eigenvalue weighted by molar-refractivity contribution is 5.68. The lowest BCUT2D eigenvalue weighted by Crippen LogP contribution is -2.67. The molecule has 0 spiro atoms. The molecule has 334 valence electrons. The Balaban J connectivity index is 1.85. The zero-order chi connectivity index (χ0) is 43.1. The average Bonchev–Trinajstić information content (AvgIpc) is 3.12. The number of carbonyl (C=O) groups excluding carboxylic acids is 5. The van der Waals surface area contributed by atoms with Crippen LogP contribution in [0.15, 0.2) is 0 Å². The van der Waals surface area contributed by atoms with Gasteiger partial charge in [-0.1, -0.05) is 64.7 Å². The molecular weight excluding hydrogens is 768 g/mol. The summed E-state index contributed by atoms with van der Waals surface area (Å²) in [7, 11) is 0. The third-order valence-electron chi connectivity index (χ3n) is 10.1. The molecule has 3 rings (SSSR count). The summed E-state index contributed by atoms with van der Waals surface area (Å²) in [5.41, 5.74) is 0. The molecule has 3 saturated heterocycles. The van der Waals surface area contributed by atoms with E-state index < -0.39 is 122 Å². The number of ether oxygens (including phenoxy) is 11. The van der Waals surface area contributed by atoms with Crippen molar-refractivity contribution in [1.82, 2.24) is 0 Å². The van der Waals surface area contributed by atoms with Crippen LogP contribution in [0.1, 0.15) is 127 Å². The second-order valence-corrected chi connectivity index (χ2v) is 15.2. The third kappa shape index (κ3) is 14.9. The van der Waals surface area contributed by atoms with Crippen LogP contribution in [0.5, 0.6) is 0 Å². The monoisotopic (exact) mass is 834 g/mol. The van der Waals surface area contributed by atoms with Crippen LogP contribution in [0.3, 0.4) is 0 Å². The summed E-state index contributed by atoms with van der Waals surface area (Å²) in [6, 6.07) is 0. The summed E-state index contributed by atoms with van der Waals surface area (Å²) in [6.07, 6.45) is -9.07. The van der Waals surface area contributed by atoms with Gasteiger partial charge in [-0.2, -0.15) is 0 Å². The zero-order valence-electron chi connectivity index (χ0n) is 35.4. The number of aliphatic hydroxyl groups excluding tert-OH is 2. The molecular formula is C40H66O18. The molecule has 3 aliphatic rings. The SMILES string of the molecule is CCCCCCCCCCCCO[C@@H]1O[C@@H](C)[C@H](OC(C)=O)[C@@H](O[C@@H]2O[C@@H](C)[C@H](OC(C)=O)[C@@H](O[C@@H]3O[C@@H](C)[C@H](OC(C)=O)[C@@H](OC(C)=O)[C@H]3O)[C@H]2OC(C)=O)[C@H]1O. The van der Waals surface area contributed by atoms with E-state index in [9.17, 15) is 34.2 Å². The molecule has 0 aromatic carbocycles. The second-order valence-electron chi connectivity index (χ2n) is 15.2. The van der Waals surface area contributed by atoms with Gasteiger partial charge in [0.25, 0.3) is 0 Å². The van der Waals surface area contributed by atoms with Gasteiger partial charge in [-0.15, -0.1) is 0 Å². The molecule has 0 aliphatic carbocycles. The number of unbranched alkanes of at least 4 members (excludes halogenated alkanes) is 9. The normalized spacial score (nSPS) is 35.1. The van der Waals surface area contributed by atoms with Crippen LogP contribution >= 0.6 is 0 Å². The summed E-state index contributed by atoms with van der Waals surface area (Å²) >= 11 is 0. The minimum absolute atomic E-state index is 0.275. The van der Waals surface area contributed by atoms with Gasteiger partial charge in [-0.3, -0.25) is 24.0 Å². The number of rotatable bonds is 21. The van der Waals surface area contributed by atoms with Crippen LogP contribution < -0.4 is 0 Å². The summed E-state index contributed by atoms with van der Waals surface area (Å²) in [4.78, 5) is 61.2. The fraction of sp³-hybridized carbons (Fsp3) is 0.875. The van der Waals surface area contributed by atoms with Crippen molar-refractivity contribution in [2.75, 3.05) is 6.61 Å². The van der Waals surface area contributed by atoms with Gasteiger partial charge in [0, 0.05) is 41.2 Å². The molecule has 3 heterocycles. The maximum Gasteiger partial charge on any atom is 0.303 e.